The molecule has 14 heavy (non-hydrogen) atoms. The molecule has 0 bridgehead atoms. The molecule has 0 heterocycles. The molecular formula is C10H13ClN2S. The molecule has 0 amide bonds. The van der Waals surface area contributed by atoms with E-state index in [1.807, 2.05) is 31.2 Å². The van der Waals surface area contributed by atoms with Gasteiger partial charge in [-0.3, -0.25) is 0 Å². The summed E-state index contributed by atoms with van der Waals surface area (Å²) in [5.74, 6) is 0. The maximum atomic E-state index is 5.98. The van der Waals surface area contributed by atoms with Crippen molar-refractivity contribution in [2.75, 3.05) is 6.54 Å². The minimum absolute atomic E-state index is 0.658. The summed E-state index contributed by atoms with van der Waals surface area (Å²) in [6.45, 7) is 3.49. The average Bonchev–Trinajstić information content (AvgIpc) is 2.17. The second-order valence-electron chi connectivity index (χ2n) is 2.80. The summed E-state index contributed by atoms with van der Waals surface area (Å²) in [6, 6.07) is 7.71. The quantitative estimate of drug-likeness (QED) is 0.777. The fraction of sp³-hybridized carbons (Fsp3) is 0.300. The third kappa shape index (κ3) is 3.52. The lowest BCUT2D eigenvalue weighted by Crippen LogP contribution is -2.34. The van der Waals surface area contributed by atoms with Crippen molar-refractivity contribution in [2.24, 2.45) is 0 Å². The Kier molecular flexibility index (Phi) is 4.70. The van der Waals surface area contributed by atoms with Crippen LogP contribution in [-0.2, 0) is 6.54 Å². The van der Waals surface area contributed by atoms with E-state index in [2.05, 4.69) is 10.6 Å². The van der Waals surface area contributed by atoms with E-state index in [0.717, 1.165) is 17.1 Å². The molecule has 0 atom stereocenters. The number of hydrogen-bond acceptors (Lipinski definition) is 1. The van der Waals surface area contributed by atoms with Crippen molar-refractivity contribution in [3.8, 4) is 0 Å². The molecule has 0 fully saturated rings. The zero-order valence-corrected chi connectivity index (χ0v) is 9.58. The summed E-state index contributed by atoms with van der Waals surface area (Å²) in [7, 11) is 0. The van der Waals surface area contributed by atoms with E-state index in [9.17, 15) is 0 Å². The smallest absolute Gasteiger partial charge is 0.166 e. The van der Waals surface area contributed by atoms with E-state index in [-0.39, 0.29) is 0 Å². The Morgan fingerprint density at radius 2 is 2.07 bits per heavy atom. The van der Waals surface area contributed by atoms with Gasteiger partial charge in [-0.2, -0.15) is 0 Å². The van der Waals surface area contributed by atoms with Crippen molar-refractivity contribution in [3.05, 3.63) is 34.9 Å². The second-order valence-corrected chi connectivity index (χ2v) is 3.62. The molecule has 1 aromatic rings. The zero-order valence-electron chi connectivity index (χ0n) is 8.01. The number of rotatable bonds is 3. The highest BCUT2D eigenvalue weighted by molar-refractivity contribution is 7.80. The molecule has 0 unspecified atom stereocenters. The van der Waals surface area contributed by atoms with Crippen LogP contribution in [0, 0.1) is 0 Å². The normalized spacial score (nSPS) is 9.57. The van der Waals surface area contributed by atoms with Crippen LogP contribution in [0.4, 0.5) is 0 Å². The van der Waals surface area contributed by atoms with Crippen LogP contribution in [0.25, 0.3) is 0 Å². The van der Waals surface area contributed by atoms with Gasteiger partial charge in [-0.25, -0.2) is 0 Å². The van der Waals surface area contributed by atoms with Gasteiger partial charge in [-0.1, -0.05) is 29.8 Å². The maximum Gasteiger partial charge on any atom is 0.166 e. The molecule has 0 aliphatic rings. The first-order chi connectivity index (χ1) is 6.74. The third-order valence-electron chi connectivity index (χ3n) is 1.73. The van der Waals surface area contributed by atoms with E-state index < -0.39 is 0 Å². The van der Waals surface area contributed by atoms with Crippen LogP contribution in [0.1, 0.15) is 12.5 Å². The molecule has 0 aromatic heterocycles. The lowest BCUT2D eigenvalue weighted by Gasteiger charge is -2.09. The largest absolute Gasteiger partial charge is 0.363 e. The predicted octanol–water partition coefficient (Wildman–Crippen LogP) is 2.32. The third-order valence-corrected chi connectivity index (χ3v) is 2.39. The van der Waals surface area contributed by atoms with Crippen molar-refractivity contribution in [1.82, 2.24) is 10.6 Å². The van der Waals surface area contributed by atoms with Crippen LogP contribution in [0.2, 0.25) is 5.02 Å². The molecule has 1 rings (SSSR count). The van der Waals surface area contributed by atoms with Gasteiger partial charge in [0.15, 0.2) is 5.11 Å². The van der Waals surface area contributed by atoms with Gasteiger partial charge >= 0.3 is 0 Å². The molecule has 0 aliphatic carbocycles. The molecule has 2 nitrogen and oxygen atoms in total. The summed E-state index contributed by atoms with van der Waals surface area (Å²) in [4.78, 5) is 0. The minimum atomic E-state index is 0.658. The van der Waals surface area contributed by atoms with Crippen LogP contribution in [-0.4, -0.2) is 11.7 Å². The van der Waals surface area contributed by atoms with Gasteiger partial charge in [0.2, 0.25) is 0 Å². The Balaban J connectivity index is 2.46. The Labute approximate surface area is 94.7 Å². The standard InChI is InChI=1S/C10H13ClN2S/c1-2-12-10(14)13-7-8-5-3-4-6-9(8)11/h3-6H,2,7H2,1H3,(H2,12,13,14). The van der Waals surface area contributed by atoms with Crippen LogP contribution in [0.5, 0.6) is 0 Å². The molecule has 2 N–H and O–H groups in total. The van der Waals surface area contributed by atoms with Gasteiger partial charge in [0.1, 0.15) is 0 Å². The van der Waals surface area contributed by atoms with E-state index in [1.54, 1.807) is 0 Å². The van der Waals surface area contributed by atoms with Crippen LogP contribution >= 0.6 is 23.8 Å². The highest BCUT2D eigenvalue weighted by Crippen LogP contribution is 2.13. The first-order valence-electron chi connectivity index (χ1n) is 4.49. The number of halogens is 1. The van der Waals surface area contributed by atoms with Gasteiger partial charge in [0.05, 0.1) is 0 Å². The highest BCUT2D eigenvalue weighted by atomic mass is 35.5. The number of nitrogens with one attached hydrogen (secondary N) is 2. The van der Waals surface area contributed by atoms with Gasteiger partial charge < -0.3 is 10.6 Å². The summed E-state index contributed by atoms with van der Waals surface area (Å²) in [5.41, 5.74) is 1.05. The first kappa shape index (κ1) is 11.3. The molecule has 4 heteroatoms. The molecule has 0 aliphatic heterocycles. The van der Waals surface area contributed by atoms with Gasteiger partial charge in [-0.05, 0) is 30.8 Å². The number of benzene rings is 1. The predicted molar refractivity (Wildman–Crippen MR) is 64.6 cm³/mol. The first-order valence-corrected chi connectivity index (χ1v) is 5.27. The average molecular weight is 229 g/mol. The van der Waals surface area contributed by atoms with Crippen molar-refractivity contribution >= 4 is 28.9 Å². The minimum Gasteiger partial charge on any atom is -0.363 e. The SMILES string of the molecule is CCNC(=S)NCc1ccccc1Cl. The number of thiocarbonyl (C=S) groups is 1. The summed E-state index contributed by atoms with van der Waals surface area (Å²) >= 11 is 11.0. The Morgan fingerprint density at radius 1 is 1.36 bits per heavy atom. The van der Waals surface area contributed by atoms with Crippen LogP contribution in [0.3, 0.4) is 0 Å². The van der Waals surface area contributed by atoms with Gasteiger partial charge in [0.25, 0.3) is 0 Å². The summed E-state index contributed by atoms with van der Waals surface area (Å²) in [6.07, 6.45) is 0. The topological polar surface area (TPSA) is 24.1 Å². The van der Waals surface area contributed by atoms with E-state index in [1.165, 1.54) is 0 Å². The van der Waals surface area contributed by atoms with E-state index >= 15 is 0 Å². The maximum absolute atomic E-state index is 5.98. The van der Waals surface area contributed by atoms with Crippen molar-refractivity contribution in [3.63, 3.8) is 0 Å². The molecule has 0 radical (unpaired) electrons. The lowest BCUT2D eigenvalue weighted by molar-refractivity contribution is 0.855. The van der Waals surface area contributed by atoms with E-state index in [4.69, 9.17) is 23.8 Å². The summed E-state index contributed by atoms with van der Waals surface area (Å²) < 4.78 is 0. The lowest BCUT2D eigenvalue weighted by atomic mass is 10.2. The Hall–Kier alpha value is -0.800. The number of hydrogen-bond donors (Lipinski definition) is 2. The Bertz CT molecular complexity index is 315. The monoisotopic (exact) mass is 228 g/mol. The van der Waals surface area contributed by atoms with Crippen molar-refractivity contribution in [1.29, 1.82) is 0 Å². The highest BCUT2D eigenvalue weighted by Gasteiger charge is 1.98. The molecule has 0 saturated carbocycles. The molecule has 0 spiro atoms. The van der Waals surface area contributed by atoms with E-state index in [0.29, 0.717) is 11.7 Å². The van der Waals surface area contributed by atoms with Crippen molar-refractivity contribution < 1.29 is 0 Å². The Morgan fingerprint density at radius 3 is 2.71 bits per heavy atom. The van der Waals surface area contributed by atoms with Gasteiger partial charge in [-0.15, -0.1) is 0 Å². The fourth-order valence-corrected chi connectivity index (χ4v) is 1.46. The zero-order chi connectivity index (χ0) is 10.4. The van der Waals surface area contributed by atoms with Crippen LogP contribution < -0.4 is 10.6 Å². The molecule has 76 valence electrons. The summed E-state index contributed by atoms with van der Waals surface area (Å²) in [5, 5.41) is 7.51. The molecule has 1 aromatic carbocycles. The van der Waals surface area contributed by atoms with Crippen molar-refractivity contribution in [2.45, 2.75) is 13.5 Å². The second kappa shape index (κ2) is 5.83. The molecular weight excluding hydrogens is 216 g/mol. The van der Waals surface area contributed by atoms with Gasteiger partial charge in [0, 0.05) is 18.1 Å². The molecule has 0 saturated heterocycles. The van der Waals surface area contributed by atoms with Crippen LogP contribution in [0.15, 0.2) is 24.3 Å². The fourth-order valence-electron chi connectivity index (χ4n) is 1.04.